The second-order valence-electron chi connectivity index (χ2n) is 6.29. The predicted molar refractivity (Wildman–Crippen MR) is 103 cm³/mol. The zero-order chi connectivity index (χ0) is 20.3. The number of carbonyl (C=O) groups excluding carboxylic acids is 1. The smallest absolute Gasteiger partial charge is 0.311 e. The van der Waals surface area contributed by atoms with Crippen LogP contribution in [0.4, 0.5) is 20.2 Å². The number of methoxy groups -OCH3 is 1. The lowest BCUT2D eigenvalue weighted by Crippen LogP contribution is -2.37. The third-order valence-electron chi connectivity index (χ3n) is 4.47. The second kappa shape index (κ2) is 8.55. The van der Waals surface area contributed by atoms with Crippen LogP contribution in [0.25, 0.3) is 0 Å². The molecular weight excluding hydrogens is 390 g/mol. The van der Waals surface area contributed by atoms with Crippen molar-refractivity contribution in [3.8, 4) is 5.75 Å². The van der Waals surface area contributed by atoms with Gasteiger partial charge in [0.25, 0.3) is 0 Å². The van der Waals surface area contributed by atoms with Crippen LogP contribution in [0.2, 0.25) is 0 Å². The third-order valence-corrected chi connectivity index (χ3v) is 5.46. The van der Waals surface area contributed by atoms with Gasteiger partial charge in [-0.25, -0.2) is 8.78 Å². The van der Waals surface area contributed by atoms with Crippen LogP contribution in [-0.4, -0.2) is 30.2 Å². The number of thioether (sulfide) groups is 1. The number of amides is 1. The summed E-state index contributed by atoms with van der Waals surface area (Å²) in [5, 5.41) is 11.1. The van der Waals surface area contributed by atoms with Gasteiger partial charge in [0.1, 0.15) is 11.6 Å². The Morgan fingerprint density at radius 3 is 2.82 bits per heavy atom. The summed E-state index contributed by atoms with van der Waals surface area (Å²) in [6.45, 7) is 0.406. The van der Waals surface area contributed by atoms with E-state index in [1.54, 1.807) is 6.07 Å². The molecule has 0 atom stereocenters. The first-order valence-corrected chi connectivity index (χ1v) is 9.73. The van der Waals surface area contributed by atoms with Gasteiger partial charge in [0, 0.05) is 30.0 Å². The molecule has 1 heterocycles. The number of hydrogen-bond acceptors (Lipinski definition) is 5. The third kappa shape index (κ3) is 4.24. The summed E-state index contributed by atoms with van der Waals surface area (Å²) in [5.74, 6) is -0.950. The fourth-order valence-corrected chi connectivity index (χ4v) is 4.02. The number of hydrogen-bond donors (Lipinski definition) is 0. The van der Waals surface area contributed by atoms with Crippen molar-refractivity contribution in [3.05, 3.63) is 63.2 Å². The van der Waals surface area contributed by atoms with Gasteiger partial charge in [-0.2, -0.15) is 0 Å². The molecule has 0 fully saturated rings. The quantitative estimate of drug-likeness (QED) is 0.532. The molecule has 0 saturated carbocycles. The van der Waals surface area contributed by atoms with Crippen molar-refractivity contribution in [1.29, 1.82) is 0 Å². The molecule has 0 saturated heterocycles. The summed E-state index contributed by atoms with van der Waals surface area (Å²) in [7, 11) is 1.36. The number of nitro groups is 1. The van der Waals surface area contributed by atoms with Gasteiger partial charge in [-0.15, -0.1) is 11.8 Å². The van der Waals surface area contributed by atoms with Crippen molar-refractivity contribution in [2.45, 2.75) is 18.6 Å². The van der Waals surface area contributed by atoms with Crippen LogP contribution in [0.3, 0.4) is 0 Å². The lowest BCUT2D eigenvalue weighted by molar-refractivity contribution is -0.385. The van der Waals surface area contributed by atoms with Gasteiger partial charge in [-0.1, -0.05) is 6.07 Å². The molecule has 0 bridgehead atoms. The fourth-order valence-electron chi connectivity index (χ4n) is 3.17. The molecule has 0 unspecified atom stereocenters. The Morgan fingerprint density at radius 2 is 2.11 bits per heavy atom. The molecule has 2 aromatic rings. The Hall–Kier alpha value is -2.68. The zero-order valence-electron chi connectivity index (χ0n) is 15.1. The average molecular weight is 408 g/mol. The monoisotopic (exact) mass is 408 g/mol. The van der Waals surface area contributed by atoms with E-state index in [4.69, 9.17) is 4.74 Å². The van der Waals surface area contributed by atoms with E-state index in [2.05, 4.69) is 0 Å². The standard InChI is InChI=1S/C19H18F2N2O4S/c1-27-18-5-4-12(7-17(18)23(25)26)10-28-11-19(24)22-6-2-3-14-15(21)8-13(20)9-16(14)22/h4-5,7-9H,2-3,6,10-11H2,1H3. The van der Waals surface area contributed by atoms with Gasteiger partial charge in [0.15, 0.2) is 5.75 Å². The number of benzene rings is 2. The van der Waals surface area contributed by atoms with Crippen molar-refractivity contribution in [2.75, 3.05) is 24.3 Å². The topological polar surface area (TPSA) is 72.7 Å². The van der Waals surface area contributed by atoms with Gasteiger partial charge in [0.05, 0.1) is 23.5 Å². The van der Waals surface area contributed by atoms with Gasteiger partial charge in [-0.05, 0) is 30.5 Å². The summed E-state index contributed by atoms with van der Waals surface area (Å²) >= 11 is 1.28. The van der Waals surface area contributed by atoms with E-state index >= 15 is 0 Å². The van der Waals surface area contributed by atoms with Crippen molar-refractivity contribution in [3.63, 3.8) is 0 Å². The molecule has 148 valence electrons. The predicted octanol–water partition coefficient (Wildman–Crippen LogP) is 4.09. The van der Waals surface area contributed by atoms with E-state index in [-0.39, 0.29) is 28.8 Å². The zero-order valence-corrected chi connectivity index (χ0v) is 15.9. The minimum absolute atomic E-state index is 0.0946. The average Bonchev–Trinajstić information content (AvgIpc) is 2.67. The highest BCUT2D eigenvalue weighted by molar-refractivity contribution is 7.99. The van der Waals surface area contributed by atoms with Crippen molar-refractivity contribution in [1.82, 2.24) is 0 Å². The summed E-state index contributed by atoms with van der Waals surface area (Å²) < 4.78 is 32.5. The minimum Gasteiger partial charge on any atom is -0.490 e. The second-order valence-corrected chi connectivity index (χ2v) is 7.28. The van der Waals surface area contributed by atoms with Gasteiger partial charge in [-0.3, -0.25) is 14.9 Å². The number of halogens is 2. The molecule has 28 heavy (non-hydrogen) atoms. The molecule has 1 aliphatic rings. The lowest BCUT2D eigenvalue weighted by atomic mass is 10.0. The molecule has 0 N–H and O–H groups in total. The summed E-state index contributed by atoms with van der Waals surface area (Å²) in [5.41, 5.74) is 1.19. The summed E-state index contributed by atoms with van der Waals surface area (Å²) in [6, 6.07) is 6.65. The van der Waals surface area contributed by atoms with Crippen LogP contribution < -0.4 is 9.64 Å². The van der Waals surface area contributed by atoms with E-state index < -0.39 is 16.6 Å². The summed E-state index contributed by atoms with van der Waals surface area (Å²) in [6.07, 6.45) is 1.07. The molecule has 2 aromatic carbocycles. The highest BCUT2D eigenvalue weighted by Gasteiger charge is 2.25. The maximum atomic E-state index is 14.0. The number of carbonyl (C=O) groups is 1. The SMILES string of the molecule is COc1ccc(CSCC(=O)N2CCCc3c(F)cc(F)cc32)cc1[N+](=O)[O-]. The highest BCUT2D eigenvalue weighted by Crippen LogP contribution is 2.32. The van der Waals surface area contributed by atoms with Crippen molar-refractivity contribution >= 4 is 29.0 Å². The van der Waals surface area contributed by atoms with Crippen LogP contribution in [0.1, 0.15) is 17.5 Å². The number of ether oxygens (including phenoxy) is 1. The van der Waals surface area contributed by atoms with Gasteiger partial charge < -0.3 is 9.64 Å². The van der Waals surface area contributed by atoms with Crippen LogP contribution in [-0.2, 0) is 17.0 Å². The Balaban J connectivity index is 1.66. The molecular formula is C19H18F2N2O4S. The van der Waals surface area contributed by atoms with Crippen molar-refractivity contribution < 1.29 is 23.2 Å². The Kier molecular flexibility index (Phi) is 6.13. The number of anilines is 1. The maximum absolute atomic E-state index is 14.0. The number of rotatable bonds is 6. The molecule has 0 aliphatic carbocycles. The van der Waals surface area contributed by atoms with E-state index in [9.17, 15) is 23.7 Å². The molecule has 0 spiro atoms. The molecule has 0 radical (unpaired) electrons. The molecule has 1 amide bonds. The molecule has 0 aromatic heterocycles. The van der Waals surface area contributed by atoms with Gasteiger partial charge in [0.2, 0.25) is 5.91 Å². The van der Waals surface area contributed by atoms with Crippen molar-refractivity contribution in [2.24, 2.45) is 0 Å². The first-order chi connectivity index (χ1) is 13.4. The van der Waals surface area contributed by atoms with E-state index in [1.807, 2.05) is 0 Å². The molecule has 1 aliphatic heterocycles. The highest BCUT2D eigenvalue weighted by atomic mass is 32.2. The number of nitro benzene ring substituents is 1. The van der Waals surface area contributed by atoms with Crippen LogP contribution >= 0.6 is 11.8 Å². The maximum Gasteiger partial charge on any atom is 0.311 e. The Bertz CT molecular complexity index is 923. The first kappa shape index (κ1) is 20.1. The first-order valence-electron chi connectivity index (χ1n) is 8.58. The molecule has 3 rings (SSSR count). The molecule has 6 nitrogen and oxygen atoms in total. The Morgan fingerprint density at radius 1 is 1.32 bits per heavy atom. The van der Waals surface area contributed by atoms with Crippen LogP contribution in [0, 0.1) is 21.7 Å². The summed E-state index contributed by atoms with van der Waals surface area (Å²) in [4.78, 5) is 24.6. The molecule has 9 heteroatoms. The van der Waals surface area contributed by atoms with Crippen LogP contribution in [0.5, 0.6) is 5.75 Å². The lowest BCUT2D eigenvalue weighted by Gasteiger charge is -2.29. The van der Waals surface area contributed by atoms with Gasteiger partial charge >= 0.3 is 5.69 Å². The van der Waals surface area contributed by atoms with E-state index in [0.29, 0.717) is 36.3 Å². The largest absolute Gasteiger partial charge is 0.490 e. The fraction of sp³-hybridized carbons (Fsp3) is 0.316. The van der Waals surface area contributed by atoms with E-state index in [1.165, 1.54) is 42.0 Å². The van der Waals surface area contributed by atoms with Crippen LogP contribution in [0.15, 0.2) is 30.3 Å². The number of fused-ring (bicyclic) bond motifs is 1. The van der Waals surface area contributed by atoms with E-state index in [0.717, 1.165) is 6.07 Å². The number of nitrogens with zero attached hydrogens (tertiary/aromatic N) is 2. The minimum atomic E-state index is -0.714. The normalized spacial score (nSPS) is 13.2. The Labute approximate surface area is 164 Å².